The molecule has 0 radical (unpaired) electrons. The van der Waals surface area contributed by atoms with Crippen LogP contribution < -0.4 is 20.4 Å². The molecule has 0 aliphatic heterocycles. The minimum atomic E-state index is -0.923. The zero-order valence-electron chi connectivity index (χ0n) is 19.0. The Kier molecular flexibility index (Phi) is 10.4. The predicted molar refractivity (Wildman–Crippen MR) is 137 cm³/mol. The Morgan fingerprint density at radius 3 is 1.18 bits per heavy atom. The third kappa shape index (κ3) is 8.15. The lowest BCUT2D eigenvalue weighted by Crippen LogP contribution is -2.30. The van der Waals surface area contributed by atoms with Gasteiger partial charge in [-0.3, -0.25) is 9.59 Å². The fourth-order valence-electron chi connectivity index (χ4n) is 2.66. The fourth-order valence-corrected chi connectivity index (χ4v) is 3.67. The molecule has 0 spiro atoms. The van der Waals surface area contributed by atoms with Crippen molar-refractivity contribution < 1.29 is 38.3 Å². The van der Waals surface area contributed by atoms with Gasteiger partial charge in [-0.05, 0) is 48.5 Å². The Morgan fingerprint density at radius 2 is 0.868 bits per heavy atom. The van der Waals surface area contributed by atoms with E-state index in [0.29, 0.717) is 0 Å². The lowest BCUT2D eigenvalue weighted by atomic mass is 10.1. The molecule has 0 bridgehead atoms. The van der Waals surface area contributed by atoms with Gasteiger partial charge in [0.25, 0.3) is 11.8 Å². The molecule has 38 heavy (non-hydrogen) atoms. The van der Waals surface area contributed by atoms with E-state index in [9.17, 15) is 19.2 Å². The topological polar surface area (TPSA) is 129 Å². The van der Waals surface area contributed by atoms with Gasteiger partial charge in [-0.1, -0.05) is 58.5 Å². The number of benzene rings is 3. The molecule has 3 rings (SSSR count). The third-order valence-corrected chi connectivity index (χ3v) is 5.62. The Bertz CT molecular complexity index is 1210. The number of hydrogen-bond acceptors (Lipinski definition) is 8. The van der Waals surface area contributed by atoms with Gasteiger partial charge < -0.3 is 19.1 Å². The zero-order valence-corrected chi connectivity index (χ0v) is 22.0. The molecule has 3 aromatic rings. The minimum Gasteiger partial charge on any atom is -0.479 e. The highest BCUT2D eigenvalue weighted by Gasteiger charge is 2.15. The van der Waals surface area contributed by atoms with Crippen LogP contribution in [0.2, 0.25) is 20.1 Å². The summed E-state index contributed by atoms with van der Waals surface area (Å²) in [5.74, 6) is -3.21. The Morgan fingerprint density at radius 1 is 0.553 bits per heavy atom. The molecule has 10 nitrogen and oxygen atoms in total. The summed E-state index contributed by atoms with van der Waals surface area (Å²) in [6, 6.07) is 14.4. The van der Waals surface area contributed by atoms with Gasteiger partial charge in [0.05, 0.1) is 20.1 Å². The molecule has 2 N–H and O–H groups in total. The minimum absolute atomic E-state index is 0.0615. The van der Waals surface area contributed by atoms with Gasteiger partial charge in [0.15, 0.2) is 24.7 Å². The predicted octanol–water partition coefficient (Wildman–Crippen LogP) is 4.83. The number of amides is 2. The summed E-state index contributed by atoms with van der Waals surface area (Å²) in [5, 5.41) is 0.791. The van der Waals surface area contributed by atoms with Crippen LogP contribution in [0.5, 0.6) is 11.5 Å². The molecule has 0 unspecified atom stereocenters. The molecule has 0 saturated carbocycles. The van der Waals surface area contributed by atoms with E-state index in [0.717, 1.165) is 0 Å². The van der Waals surface area contributed by atoms with Gasteiger partial charge in [0, 0.05) is 11.1 Å². The first kappa shape index (κ1) is 28.9. The molecule has 0 aromatic heterocycles. The zero-order chi connectivity index (χ0) is 27.7. The Hall–Kier alpha value is -3.70. The number of hydrogen-bond donors (Lipinski definition) is 2. The highest BCUT2D eigenvalue weighted by atomic mass is 35.5. The average molecular weight is 602 g/mol. The lowest BCUT2D eigenvalue weighted by Gasteiger charge is -2.10. The average Bonchev–Trinajstić information content (AvgIpc) is 2.90. The van der Waals surface area contributed by atoms with Crippen LogP contribution in [0.25, 0.3) is 0 Å². The molecule has 0 heterocycles. The van der Waals surface area contributed by atoms with Crippen LogP contribution in [0.1, 0.15) is 20.7 Å². The van der Waals surface area contributed by atoms with Crippen molar-refractivity contribution in [3.63, 3.8) is 0 Å². The summed E-state index contributed by atoms with van der Waals surface area (Å²) in [7, 11) is 0. The molecular weight excluding hydrogens is 586 g/mol. The van der Waals surface area contributed by atoms with Crippen molar-refractivity contribution in [2.75, 3.05) is 13.2 Å². The molecule has 198 valence electrons. The van der Waals surface area contributed by atoms with E-state index in [1.807, 2.05) is 11.0 Å². The first-order valence-corrected chi connectivity index (χ1v) is 11.9. The van der Waals surface area contributed by atoms with Gasteiger partial charge >= 0.3 is 11.9 Å². The van der Waals surface area contributed by atoms with Crippen molar-refractivity contribution >= 4 is 70.2 Å². The molecular formula is C24H16Cl4N2O8. The summed E-state index contributed by atoms with van der Waals surface area (Å²) in [5.41, 5.74) is 4.03. The van der Waals surface area contributed by atoms with Crippen LogP contribution in [-0.4, -0.2) is 37.0 Å². The maximum Gasteiger partial charge on any atom is 0.369 e. The van der Waals surface area contributed by atoms with Gasteiger partial charge in [0.1, 0.15) is 0 Å². The first-order valence-electron chi connectivity index (χ1n) is 10.4. The van der Waals surface area contributed by atoms with Gasteiger partial charge in [0.2, 0.25) is 0 Å². The SMILES string of the molecule is O=C(COc1c(Cl)cccc1Cl)ONC(=O)c1ccc(C(=O)NOC(=O)COc2c(Cl)cccc2Cl)cc1. The second-order valence-electron chi connectivity index (χ2n) is 7.07. The number of halogens is 4. The normalized spacial score (nSPS) is 10.2. The van der Waals surface area contributed by atoms with E-state index < -0.39 is 37.0 Å². The van der Waals surface area contributed by atoms with E-state index in [-0.39, 0.29) is 42.7 Å². The summed E-state index contributed by atoms with van der Waals surface area (Å²) >= 11 is 23.8. The van der Waals surface area contributed by atoms with E-state index >= 15 is 0 Å². The van der Waals surface area contributed by atoms with Crippen LogP contribution in [0, 0.1) is 0 Å². The largest absolute Gasteiger partial charge is 0.479 e. The quantitative estimate of drug-likeness (QED) is 0.351. The van der Waals surface area contributed by atoms with Crippen LogP contribution in [0.15, 0.2) is 60.7 Å². The van der Waals surface area contributed by atoms with E-state index in [1.165, 1.54) is 48.5 Å². The summed E-state index contributed by atoms with van der Waals surface area (Å²) in [6.07, 6.45) is 0. The lowest BCUT2D eigenvalue weighted by molar-refractivity contribution is -0.152. The van der Waals surface area contributed by atoms with Gasteiger partial charge in [-0.25, -0.2) is 9.59 Å². The van der Waals surface area contributed by atoms with Crippen molar-refractivity contribution in [1.82, 2.24) is 11.0 Å². The number of hydroxylamine groups is 2. The Labute approximate surface area is 235 Å². The van der Waals surface area contributed by atoms with Crippen molar-refractivity contribution in [1.29, 1.82) is 0 Å². The molecule has 0 aliphatic rings. The fraction of sp³-hybridized carbons (Fsp3) is 0.0833. The number of para-hydroxylation sites is 2. The summed E-state index contributed by atoms with van der Waals surface area (Å²) in [4.78, 5) is 57.4. The Balaban J connectivity index is 1.41. The summed E-state index contributed by atoms with van der Waals surface area (Å²) in [6.45, 7) is -1.14. The van der Waals surface area contributed by atoms with E-state index in [2.05, 4.69) is 9.68 Å². The number of carbonyl (C=O) groups is 4. The number of rotatable bonds is 8. The number of nitrogens with one attached hydrogen (secondary N) is 2. The molecule has 0 atom stereocenters. The van der Waals surface area contributed by atoms with E-state index in [1.54, 1.807) is 12.1 Å². The van der Waals surface area contributed by atoms with Crippen LogP contribution in [0.3, 0.4) is 0 Å². The maximum atomic E-state index is 12.2. The monoisotopic (exact) mass is 600 g/mol. The number of carbonyl (C=O) groups excluding carboxylic acids is 4. The van der Waals surface area contributed by atoms with Crippen molar-refractivity contribution in [3.05, 3.63) is 91.9 Å². The van der Waals surface area contributed by atoms with Crippen molar-refractivity contribution in [3.8, 4) is 11.5 Å². The standard InChI is InChI=1S/C24H16Cl4N2O8/c25-15-3-1-4-16(26)21(15)35-11-19(31)37-29-23(33)13-7-9-14(10-8-13)24(34)30-38-20(32)12-36-22-17(27)5-2-6-18(22)28/h1-10H,11-12H2,(H,29,33)(H,30,34). The second kappa shape index (κ2) is 13.7. The molecule has 3 aromatic carbocycles. The summed E-state index contributed by atoms with van der Waals surface area (Å²) < 4.78 is 10.4. The van der Waals surface area contributed by atoms with Crippen LogP contribution >= 0.6 is 46.4 Å². The van der Waals surface area contributed by atoms with Crippen molar-refractivity contribution in [2.45, 2.75) is 0 Å². The maximum absolute atomic E-state index is 12.2. The third-order valence-electron chi connectivity index (χ3n) is 4.43. The van der Waals surface area contributed by atoms with Gasteiger partial charge in [-0.15, -0.1) is 0 Å². The van der Waals surface area contributed by atoms with Crippen LogP contribution in [-0.2, 0) is 19.3 Å². The highest BCUT2D eigenvalue weighted by molar-refractivity contribution is 6.37. The van der Waals surface area contributed by atoms with Crippen molar-refractivity contribution in [2.24, 2.45) is 0 Å². The first-order chi connectivity index (χ1) is 18.2. The highest BCUT2D eigenvalue weighted by Crippen LogP contribution is 2.33. The molecule has 0 saturated heterocycles. The molecule has 14 heteroatoms. The van der Waals surface area contributed by atoms with Gasteiger partial charge in [-0.2, -0.15) is 11.0 Å². The second-order valence-corrected chi connectivity index (χ2v) is 8.70. The van der Waals surface area contributed by atoms with Crippen LogP contribution in [0.4, 0.5) is 0 Å². The molecule has 0 aliphatic carbocycles. The molecule has 0 fully saturated rings. The smallest absolute Gasteiger partial charge is 0.369 e. The molecule has 2 amide bonds. The number of ether oxygens (including phenoxy) is 2. The van der Waals surface area contributed by atoms with E-state index in [4.69, 9.17) is 55.9 Å².